The van der Waals surface area contributed by atoms with Crippen molar-refractivity contribution in [3.05, 3.63) is 31.2 Å². The number of rotatable bonds is 18. The highest BCUT2D eigenvalue weighted by Crippen LogP contribution is 2.67. The van der Waals surface area contributed by atoms with Crippen LogP contribution < -0.4 is 10.6 Å². The second kappa shape index (κ2) is 21.9. The molecular formula is C36H48N6O6S4. The van der Waals surface area contributed by atoms with Gasteiger partial charge < -0.3 is 29.9 Å². The molecule has 16 heteroatoms. The number of hydrogen-bond acceptors (Lipinski definition) is 11. The second-order valence-corrected chi connectivity index (χ2v) is 17.1. The smallest absolute Gasteiger partial charge is 0.350 e. The zero-order valence-corrected chi connectivity index (χ0v) is 34.0. The number of nitrogens with one attached hydrogen (secondary N) is 2. The maximum Gasteiger partial charge on any atom is 0.350 e. The Balaban J connectivity index is 2.01. The molecule has 1 aromatic rings. The Morgan fingerprint density at radius 2 is 1.04 bits per heavy atom. The maximum atomic E-state index is 13.2. The SMILES string of the molecule is [C-]#[N+]C(C(=O)OCCCCCCCC)=C1Sc2c(NC(=O)N(C)C)c3c(c(NC(=O)N(C)C)c2S1)SC(=C(C#N)C(=O)OCCCCCCCC)S3. The molecule has 0 atom stereocenters. The minimum absolute atomic E-state index is 0.170. The van der Waals surface area contributed by atoms with Gasteiger partial charge in [-0.25, -0.2) is 19.2 Å². The fourth-order valence-corrected chi connectivity index (χ4v) is 10.3. The van der Waals surface area contributed by atoms with Crippen molar-refractivity contribution in [1.82, 2.24) is 9.80 Å². The van der Waals surface area contributed by atoms with Gasteiger partial charge in [0.2, 0.25) is 0 Å². The molecule has 0 aromatic heterocycles. The van der Waals surface area contributed by atoms with Gasteiger partial charge in [-0.15, -0.1) is 0 Å². The van der Waals surface area contributed by atoms with Gasteiger partial charge in [-0.1, -0.05) is 125 Å². The van der Waals surface area contributed by atoms with Gasteiger partial charge in [-0.3, -0.25) is 4.79 Å². The van der Waals surface area contributed by atoms with Gasteiger partial charge in [0.15, 0.2) is 5.57 Å². The molecule has 1 aromatic carbocycles. The van der Waals surface area contributed by atoms with Gasteiger partial charge in [0, 0.05) is 28.2 Å². The maximum absolute atomic E-state index is 13.2. The molecule has 3 rings (SSSR count). The Labute approximate surface area is 324 Å². The molecule has 0 bridgehead atoms. The Hall–Kier alpha value is -3.44. The van der Waals surface area contributed by atoms with Crippen LogP contribution in [0.4, 0.5) is 21.0 Å². The number of fused-ring (bicyclic) bond motifs is 2. The van der Waals surface area contributed by atoms with E-state index in [4.69, 9.17) is 16.0 Å². The van der Waals surface area contributed by atoms with Crippen molar-refractivity contribution in [2.75, 3.05) is 52.0 Å². The lowest BCUT2D eigenvalue weighted by atomic mass is 10.1. The number of esters is 2. The van der Waals surface area contributed by atoms with Gasteiger partial charge in [0.05, 0.1) is 59.2 Å². The first-order valence-electron chi connectivity index (χ1n) is 17.5. The summed E-state index contributed by atoms with van der Waals surface area (Å²) in [4.78, 5) is 60.8. The molecule has 0 radical (unpaired) electrons. The Morgan fingerprint density at radius 1 is 0.654 bits per heavy atom. The van der Waals surface area contributed by atoms with Crippen LogP contribution in [0.5, 0.6) is 0 Å². The molecule has 2 aliphatic rings. The number of nitriles is 1. The van der Waals surface area contributed by atoms with Gasteiger partial charge in [-0.2, -0.15) is 5.26 Å². The van der Waals surface area contributed by atoms with Crippen LogP contribution in [0.1, 0.15) is 90.9 Å². The highest BCUT2D eigenvalue weighted by molar-refractivity contribution is 8.26. The summed E-state index contributed by atoms with van der Waals surface area (Å²) in [5, 5.41) is 16.0. The number of urea groups is 2. The van der Waals surface area contributed by atoms with Gasteiger partial charge in [0.25, 0.3) is 5.70 Å². The summed E-state index contributed by atoms with van der Waals surface area (Å²) in [7, 11) is 6.36. The summed E-state index contributed by atoms with van der Waals surface area (Å²) < 4.78 is 11.7. The molecule has 12 nitrogen and oxygen atoms in total. The molecule has 52 heavy (non-hydrogen) atoms. The lowest BCUT2D eigenvalue weighted by Gasteiger charge is -2.21. The minimum atomic E-state index is -0.737. The highest BCUT2D eigenvalue weighted by atomic mass is 32.2. The number of nitrogens with zero attached hydrogens (tertiary/aromatic N) is 4. The van der Waals surface area contributed by atoms with E-state index in [9.17, 15) is 24.4 Å². The first kappa shape index (κ1) is 43.0. The topological polar surface area (TPSA) is 145 Å². The van der Waals surface area contributed by atoms with Crippen molar-refractivity contribution in [2.24, 2.45) is 0 Å². The average molecular weight is 789 g/mol. The zero-order valence-electron chi connectivity index (χ0n) is 30.8. The van der Waals surface area contributed by atoms with E-state index in [0.29, 0.717) is 52.3 Å². The number of benzene rings is 1. The summed E-state index contributed by atoms with van der Waals surface area (Å²) in [5.41, 5.74) is 0.382. The molecule has 2 heterocycles. The lowest BCUT2D eigenvalue weighted by Crippen LogP contribution is -2.29. The minimum Gasteiger partial charge on any atom is -0.471 e. The Bertz CT molecular complexity index is 1490. The number of ether oxygens (including phenoxy) is 2. The predicted molar refractivity (Wildman–Crippen MR) is 210 cm³/mol. The van der Waals surface area contributed by atoms with Gasteiger partial charge >= 0.3 is 24.0 Å². The highest BCUT2D eigenvalue weighted by Gasteiger charge is 2.39. The van der Waals surface area contributed by atoms with Crippen LogP contribution in [0.2, 0.25) is 0 Å². The molecule has 0 fully saturated rings. The number of amides is 4. The number of carbonyl (C=O) groups is 4. The molecule has 0 unspecified atom stereocenters. The van der Waals surface area contributed by atoms with Crippen LogP contribution in [0.25, 0.3) is 4.85 Å². The lowest BCUT2D eigenvalue weighted by molar-refractivity contribution is -0.139. The number of unbranched alkanes of at least 4 members (excludes halogenated alkanes) is 10. The largest absolute Gasteiger partial charge is 0.471 e. The first-order valence-corrected chi connectivity index (χ1v) is 20.8. The van der Waals surface area contributed by atoms with Crippen LogP contribution in [-0.2, 0) is 19.1 Å². The van der Waals surface area contributed by atoms with Crippen LogP contribution in [0.15, 0.2) is 39.3 Å². The van der Waals surface area contributed by atoms with Crippen molar-refractivity contribution in [2.45, 2.75) is 110 Å². The van der Waals surface area contributed by atoms with Crippen LogP contribution >= 0.6 is 47.0 Å². The third-order valence-electron chi connectivity index (χ3n) is 7.86. The van der Waals surface area contributed by atoms with Crippen molar-refractivity contribution in [1.29, 1.82) is 5.26 Å². The van der Waals surface area contributed by atoms with E-state index in [1.54, 1.807) is 28.2 Å². The van der Waals surface area contributed by atoms with E-state index in [2.05, 4.69) is 29.3 Å². The van der Waals surface area contributed by atoms with E-state index in [1.807, 2.05) is 6.07 Å². The predicted octanol–water partition coefficient (Wildman–Crippen LogP) is 9.90. The molecular weight excluding hydrogens is 741 g/mol. The molecule has 282 valence electrons. The summed E-state index contributed by atoms with van der Waals surface area (Å²) >= 11 is 4.48. The second-order valence-electron chi connectivity index (χ2n) is 12.5. The van der Waals surface area contributed by atoms with E-state index >= 15 is 0 Å². The van der Waals surface area contributed by atoms with Crippen molar-refractivity contribution in [3.63, 3.8) is 0 Å². The number of anilines is 2. The van der Waals surface area contributed by atoms with Gasteiger partial charge in [-0.05, 0) is 12.8 Å². The van der Waals surface area contributed by atoms with E-state index < -0.39 is 24.0 Å². The fraction of sp³-hybridized carbons (Fsp3) is 0.556. The summed E-state index contributed by atoms with van der Waals surface area (Å²) in [6, 6.07) is 1.12. The molecule has 2 N–H and O–H groups in total. The average Bonchev–Trinajstić information content (AvgIpc) is 3.75. The number of hydrogen-bond donors (Lipinski definition) is 2. The molecule has 4 amide bonds. The third-order valence-corrected chi connectivity index (χ3v) is 13.1. The summed E-state index contributed by atoms with van der Waals surface area (Å²) in [5.74, 6) is -1.47. The first-order chi connectivity index (χ1) is 25.0. The van der Waals surface area contributed by atoms with E-state index in [0.717, 1.165) is 105 Å². The quantitative estimate of drug-likeness (QED) is 0.0366. The van der Waals surface area contributed by atoms with Crippen LogP contribution in [0, 0.1) is 17.9 Å². The molecule has 0 aliphatic carbocycles. The Kier molecular flexibility index (Phi) is 18.1. The van der Waals surface area contributed by atoms with Crippen LogP contribution in [-0.4, -0.2) is 75.2 Å². The van der Waals surface area contributed by atoms with Gasteiger partial charge in [0.1, 0.15) is 6.07 Å². The monoisotopic (exact) mass is 788 g/mol. The number of thioether (sulfide) groups is 4. The van der Waals surface area contributed by atoms with Crippen molar-refractivity contribution >= 4 is 82.4 Å². The molecule has 0 saturated carbocycles. The fourth-order valence-electron chi connectivity index (χ4n) is 4.91. The molecule has 0 saturated heterocycles. The standard InChI is InChI=1S/C36H48N6O6S4/c1-8-10-12-14-16-18-20-47-31(43)23(22-37)33-49-27-24(39-35(45)41(4)5)29-30(25(28(27)50-33)40-36(46)42(6)7)52-34(51-29)26(38-3)32(44)48-21-19-17-15-13-11-9-2/h8-21H2,1-2,4-7H3,(H,39,45)(H,40,46). The zero-order chi connectivity index (χ0) is 38.2. The number of carbonyl (C=O) groups excluding carboxylic acids is 4. The normalized spacial score (nSPS) is 12.6. The third kappa shape index (κ3) is 11.8. The van der Waals surface area contributed by atoms with Crippen LogP contribution in [0.3, 0.4) is 0 Å². The Morgan fingerprint density at radius 3 is 1.42 bits per heavy atom. The molecule has 2 aliphatic heterocycles. The van der Waals surface area contributed by atoms with Crippen molar-refractivity contribution in [3.8, 4) is 6.07 Å². The summed E-state index contributed by atoms with van der Waals surface area (Å²) in [6.07, 6.45) is 12.2. The van der Waals surface area contributed by atoms with Crippen molar-refractivity contribution < 1.29 is 28.7 Å². The summed E-state index contributed by atoms with van der Waals surface area (Å²) in [6.45, 7) is 12.6. The van der Waals surface area contributed by atoms with E-state index in [-0.39, 0.29) is 24.5 Å². The van der Waals surface area contributed by atoms with E-state index in [1.165, 1.54) is 16.2 Å². The molecule has 0 spiro atoms.